The van der Waals surface area contributed by atoms with Crippen molar-refractivity contribution in [2.45, 2.75) is 24.9 Å². The predicted molar refractivity (Wildman–Crippen MR) is 121 cm³/mol. The Kier molecular flexibility index (Phi) is 6.52. The number of thioether (sulfide) groups is 1. The van der Waals surface area contributed by atoms with Crippen LogP contribution in [0.4, 0.5) is 5.00 Å². The molecule has 2 aromatic heterocycles. The van der Waals surface area contributed by atoms with Gasteiger partial charge in [0.1, 0.15) is 16.8 Å². The molecule has 0 spiro atoms. The molecule has 2 amide bonds. The number of H-pyrrole nitrogens is 1. The van der Waals surface area contributed by atoms with E-state index in [1.165, 1.54) is 22.9 Å². The van der Waals surface area contributed by atoms with Crippen LogP contribution in [-0.2, 0) is 22.6 Å². The van der Waals surface area contributed by atoms with E-state index in [1.54, 1.807) is 36.3 Å². The van der Waals surface area contributed by atoms with Crippen LogP contribution >= 0.6 is 23.1 Å². The van der Waals surface area contributed by atoms with Crippen molar-refractivity contribution in [3.8, 4) is 17.5 Å². The number of ether oxygens (including phenoxy) is 1. The van der Waals surface area contributed by atoms with E-state index in [2.05, 4.69) is 16.7 Å². The lowest BCUT2D eigenvalue weighted by molar-refractivity contribution is -0.704. The zero-order valence-electron chi connectivity index (χ0n) is 17.8. The Morgan fingerprint density at radius 1 is 1.39 bits per heavy atom. The average molecular weight is 487 g/mol. The molecule has 0 aliphatic carbocycles. The first kappa shape index (κ1) is 22.6. The van der Waals surface area contributed by atoms with E-state index in [9.17, 15) is 19.6 Å². The number of benzene rings is 1. The van der Waals surface area contributed by atoms with Crippen LogP contribution in [-0.4, -0.2) is 41.4 Å². The first-order valence-electron chi connectivity index (χ1n) is 9.92. The quantitative estimate of drug-likeness (QED) is 0.401. The normalized spacial score (nSPS) is 12.7. The number of carbonyl (C=O) groups is 2. The summed E-state index contributed by atoms with van der Waals surface area (Å²) in [7, 11) is 1.56. The Balaban J connectivity index is 1.47. The standard InChI is InChI=1S/C21H19N5O5S2/c1-12(27)25-8-7-15-16(9-22)19(33-17(15)10-25)23-18(28)11-32-20-21(29)31-24-26(20)13-3-5-14(30-2)6-4-13/h3-6H,7-8,10-11H2,1-2H3,(H-,23,24,28,29)/p+1. The lowest BCUT2D eigenvalue weighted by Crippen LogP contribution is -2.36. The number of nitrogens with zero attached hydrogens (tertiary/aromatic N) is 3. The minimum absolute atomic E-state index is 0.0231. The molecule has 170 valence electrons. The summed E-state index contributed by atoms with van der Waals surface area (Å²) in [6.07, 6.45) is 0.575. The van der Waals surface area contributed by atoms with Crippen molar-refractivity contribution in [3.05, 3.63) is 50.7 Å². The summed E-state index contributed by atoms with van der Waals surface area (Å²) < 4.78 is 11.5. The lowest BCUT2D eigenvalue weighted by atomic mass is 10.0. The smallest absolute Gasteiger partial charge is 0.442 e. The van der Waals surface area contributed by atoms with Crippen LogP contribution in [0.25, 0.3) is 5.69 Å². The van der Waals surface area contributed by atoms with Crippen LogP contribution in [0.2, 0.25) is 0 Å². The van der Waals surface area contributed by atoms with Gasteiger partial charge in [-0.05, 0) is 45.8 Å². The number of nitriles is 1. The molecule has 0 saturated heterocycles. The first-order chi connectivity index (χ1) is 15.9. The Labute approximate surface area is 196 Å². The third-order valence-electron chi connectivity index (χ3n) is 5.14. The molecule has 33 heavy (non-hydrogen) atoms. The topological polar surface area (TPSA) is 132 Å². The lowest BCUT2D eigenvalue weighted by Gasteiger charge is -2.25. The molecule has 12 heteroatoms. The van der Waals surface area contributed by atoms with Crippen molar-refractivity contribution >= 4 is 39.9 Å². The van der Waals surface area contributed by atoms with Crippen molar-refractivity contribution in [1.82, 2.24) is 10.2 Å². The summed E-state index contributed by atoms with van der Waals surface area (Å²) in [5.41, 5.74) is 1.35. The molecule has 0 atom stereocenters. The SMILES string of the molecule is COc1ccc(-[n+]2[nH]oc(=O)c2SCC(=O)Nc2sc3c(c2C#N)CCN(C(C)=O)C3)cc1. The fourth-order valence-corrected chi connectivity index (χ4v) is 5.46. The fourth-order valence-electron chi connectivity index (χ4n) is 3.46. The van der Waals surface area contributed by atoms with Gasteiger partial charge in [0.05, 0.1) is 25.0 Å². The molecule has 0 bridgehead atoms. The first-order valence-corrected chi connectivity index (χ1v) is 11.7. The van der Waals surface area contributed by atoms with Crippen LogP contribution in [0, 0.1) is 11.3 Å². The van der Waals surface area contributed by atoms with Gasteiger partial charge in [0, 0.05) is 30.5 Å². The molecule has 3 aromatic rings. The number of methoxy groups -OCH3 is 1. The van der Waals surface area contributed by atoms with Gasteiger partial charge in [-0.1, -0.05) is 0 Å². The zero-order chi connectivity index (χ0) is 23.5. The summed E-state index contributed by atoms with van der Waals surface area (Å²) in [5.74, 6) is 0.216. The van der Waals surface area contributed by atoms with Gasteiger partial charge in [0.15, 0.2) is 0 Å². The number of amides is 2. The fraction of sp³-hybridized carbons (Fsp3) is 0.286. The highest BCUT2D eigenvalue weighted by Crippen LogP contribution is 2.36. The molecule has 0 radical (unpaired) electrons. The molecular formula is C21H20N5O5S2+. The van der Waals surface area contributed by atoms with Crippen molar-refractivity contribution in [1.29, 1.82) is 5.26 Å². The number of aromatic amines is 1. The van der Waals surface area contributed by atoms with Crippen molar-refractivity contribution in [2.24, 2.45) is 0 Å². The molecule has 10 nitrogen and oxygen atoms in total. The number of hydrogen-bond acceptors (Lipinski definition) is 8. The summed E-state index contributed by atoms with van der Waals surface area (Å²) in [6.45, 7) is 2.49. The van der Waals surface area contributed by atoms with Gasteiger partial charge < -0.3 is 15.0 Å². The number of aromatic nitrogens is 2. The van der Waals surface area contributed by atoms with E-state index in [4.69, 9.17) is 9.26 Å². The number of nitrogens with one attached hydrogen (secondary N) is 2. The summed E-state index contributed by atoms with van der Waals surface area (Å²) in [4.78, 5) is 39.1. The molecule has 2 N–H and O–H groups in total. The van der Waals surface area contributed by atoms with Crippen molar-refractivity contribution in [3.63, 3.8) is 0 Å². The highest BCUT2D eigenvalue weighted by atomic mass is 32.2. The second kappa shape index (κ2) is 9.51. The monoisotopic (exact) mass is 486 g/mol. The van der Waals surface area contributed by atoms with Crippen LogP contribution in [0.1, 0.15) is 22.9 Å². The van der Waals surface area contributed by atoms with E-state index in [0.717, 1.165) is 22.2 Å². The second-order valence-corrected chi connectivity index (χ2v) is 9.24. The molecule has 0 fully saturated rings. The predicted octanol–water partition coefficient (Wildman–Crippen LogP) is 1.82. The van der Waals surface area contributed by atoms with E-state index in [0.29, 0.717) is 41.5 Å². The molecule has 3 heterocycles. The molecule has 1 aliphatic rings. The Hall–Kier alpha value is -3.56. The number of anilines is 1. The Morgan fingerprint density at radius 2 is 2.15 bits per heavy atom. The van der Waals surface area contributed by atoms with Crippen molar-refractivity contribution < 1.29 is 23.5 Å². The van der Waals surface area contributed by atoms with Crippen LogP contribution in [0.3, 0.4) is 0 Å². The molecule has 1 aliphatic heterocycles. The molecule has 0 saturated carbocycles. The molecule has 4 rings (SSSR count). The van der Waals surface area contributed by atoms with E-state index < -0.39 is 5.63 Å². The minimum Gasteiger partial charge on any atom is -0.497 e. The number of hydrogen-bond donors (Lipinski definition) is 2. The largest absolute Gasteiger partial charge is 0.497 e. The Bertz CT molecular complexity index is 1300. The highest BCUT2D eigenvalue weighted by molar-refractivity contribution is 7.99. The highest BCUT2D eigenvalue weighted by Gasteiger charge is 2.28. The summed E-state index contributed by atoms with van der Waals surface area (Å²) in [5, 5.41) is 15.6. The number of carbonyl (C=O) groups excluding carboxylic acids is 2. The van der Waals surface area contributed by atoms with E-state index in [-0.39, 0.29) is 22.6 Å². The van der Waals surface area contributed by atoms with Gasteiger partial charge in [-0.15, -0.1) is 11.3 Å². The third kappa shape index (κ3) is 4.64. The van der Waals surface area contributed by atoms with Crippen LogP contribution in [0.5, 0.6) is 5.75 Å². The summed E-state index contributed by atoms with van der Waals surface area (Å²) in [6, 6.07) is 9.14. The van der Waals surface area contributed by atoms with Gasteiger partial charge in [0.25, 0.3) is 0 Å². The van der Waals surface area contributed by atoms with Gasteiger partial charge in [-0.3, -0.25) is 14.1 Å². The maximum Gasteiger partial charge on any atom is 0.442 e. The maximum atomic E-state index is 12.6. The number of rotatable bonds is 6. The summed E-state index contributed by atoms with van der Waals surface area (Å²) >= 11 is 2.32. The Morgan fingerprint density at radius 3 is 2.82 bits per heavy atom. The number of fused-ring (bicyclic) bond motifs is 1. The van der Waals surface area contributed by atoms with Gasteiger partial charge >= 0.3 is 10.7 Å². The van der Waals surface area contributed by atoms with Gasteiger partial charge in [-0.2, -0.15) is 5.26 Å². The number of thiophene rings is 1. The molecule has 0 unspecified atom stereocenters. The minimum atomic E-state index is -0.600. The molecular weight excluding hydrogens is 466 g/mol. The van der Waals surface area contributed by atoms with E-state index >= 15 is 0 Å². The average Bonchev–Trinajstić information content (AvgIpc) is 3.36. The van der Waals surface area contributed by atoms with Crippen LogP contribution < -0.4 is 20.4 Å². The van der Waals surface area contributed by atoms with Crippen LogP contribution in [0.15, 0.2) is 38.6 Å². The van der Waals surface area contributed by atoms with Gasteiger partial charge in [0.2, 0.25) is 17.5 Å². The third-order valence-corrected chi connectivity index (χ3v) is 7.31. The van der Waals surface area contributed by atoms with E-state index in [1.807, 2.05) is 0 Å². The molecule has 1 aromatic carbocycles. The van der Waals surface area contributed by atoms with Gasteiger partial charge in [-0.25, -0.2) is 4.79 Å². The zero-order valence-corrected chi connectivity index (χ0v) is 19.5. The van der Waals surface area contributed by atoms with Crippen molar-refractivity contribution in [2.75, 3.05) is 24.7 Å². The maximum absolute atomic E-state index is 12.6. The second-order valence-electron chi connectivity index (χ2n) is 7.17.